The fraction of sp³-hybridized carbons (Fsp3) is 0.667. The quantitative estimate of drug-likeness (QED) is 0.735. The summed E-state index contributed by atoms with van der Waals surface area (Å²) in [6.07, 6.45) is 4.04. The predicted octanol–water partition coefficient (Wildman–Crippen LogP) is -0.479. The summed E-state index contributed by atoms with van der Waals surface area (Å²) in [4.78, 5) is 0.236. The molecule has 0 aliphatic carbocycles. The molecule has 0 amide bonds. The summed E-state index contributed by atoms with van der Waals surface area (Å²) in [5, 5.41) is 7.06. The molecule has 1 heterocycles. The van der Waals surface area contributed by atoms with Gasteiger partial charge in [0.25, 0.3) is 0 Å². The van der Waals surface area contributed by atoms with E-state index in [9.17, 15) is 8.42 Å². The van der Waals surface area contributed by atoms with Gasteiger partial charge in [-0.3, -0.25) is 4.68 Å². The van der Waals surface area contributed by atoms with Crippen LogP contribution in [0.1, 0.15) is 0 Å². The summed E-state index contributed by atoms with van der Waals surface area (Å²) in [5.41, 5.74) is 0. The SMILES string of the molecule is CNC(COC)Cn1cc(S(C)(=O)=O)cn1. The van der Waals surface area contributed by atoms with Gasteiger partial charge in [-0.1, -0.05) is 0 Å². The second-order valence-electron chi connectivity index (χ2n) is 3.61. The highest BCUT2D eigenvalue weighted by atomic mass is 32.2. The number of nitrogens with zero attached hydrogens (tertiary/aromatic N) is 2. The predicted molar refractivity (Wildman–Crippen MR) is 60.1 cm³/mol. The molecule has 0 fully saturated rings. The van der Waals surface area contributed by atoms with Crippen LogP contribution in [0.3, 0.4) is 0 Å². The van der Waals surface area contributed by atoms with Crippen LogP contribution in [-0.4, -0.2) is 51.3 Å². The van der Waals surface area contributed by atoms with Crippen LogP contribution in [0.15, 0.2) is 17.3 Å². The van der Waals surface area contributed by atoms with Crippen molar-refractivity contribution in [1.29, 1.82) is 0 Å². The smallest absolute Gasteiger partial charge is 0.178 e. The molecule has 7 heteroatoms. The molecule has 1 aromatic heterocycles. The molecule has 0 aliphatic rings. The van der Waals surface area contributed by atoms with E-state index in [-0.39, 0.29) is 10.9 Å². The molecule has 0 aliphatic heterocycles. The summed E-state index contributed by atoms with van der Waals surface area (Å²) in [6, 6.07) is 0.109. The first-order valence-corrected chi connectivity index (χ1v) is 6.75. The van der Waals surface area contributed by atoms with Gasteiger partial charge in [0.05, 0.1) is 19.3 Å². The van der Waals surface area contributed by atoms with E-state index >= 15 is 0 Å². The number of hydrogen-bond donors (Lipinski definition) is 1. The highest BCUT2D eigenvalue weighted by molar-refractivity contribution is 7.90. The van der Waals surface area contributed by atoms with E-state index in [1.54, 1.807) is 11.8 Å². The maximum atomic E-state index is 11.2. The van der Waals surface area contributed by atoms with Crippen molar-refractivity contribution in [2.24, 2.45) is 0 Å². The molecule has 1 aromatic rings. The molecule has 1 atom stereocenters. The average molecular weight is 247 g/mol. The number of sulfone groups is 1. The first-order valence-electron chi connectivity index (χ1n) is 4.86. The van der Waals surface area contributed by atoms with Crippen molar-refractivity contribution in [2.75, 3.05) is 27.0 Å². The maximum Gasteiger partial charge on any atom is 0.178 e. The Labute approximate surface area is 95.5 Å². The molecule has 6 nitrogen and oxygen atoms in total. The number of likely N-dealkylation sites (N-methyl/N-ethyl adjacent to an activating group) is 1. The lowest BCUT2D eigenvalue weighted by molar-refractivity contribution is 0.160. The van der Waals surface area contributed by atoms with Gasteiger partial charge in [0, 0.05) is 25.6 Å². The fourth-order valence-electron chi connectivity index (χ4n) is 1.29. The normalized spacial score (nSPS) is 13.9. The minimum atomic E-state index is -3.17. The highest BCUT2D eigenvalue weighted by Crippen LogP contribution is 2.06. The van der Waals surface area contributed by atoms with Gasteiger partial charge >= 0.3 is 0 Å². The monoisotopic (exact) mass is 247 g/mol. The van der Waals surface area contributed by atoms with Crippen LogP contribution in [0.25, 0.3) is 0 Å². The molecule has 92 valence electrons. The highest BCUT2D eigenvalue weighted by Gasteiger charge is 2.12. The molecule has 0 aromatic carbocycles. The van der Waals surface area contributed by atoms with E-state index < -0.39 is 9.84 Å². The third kappa shape index (κ3) is 3.58. The molecule has 16 heavy (non-hydrogen) atoms. The molecule has 0 bridgehead atoms. The molecule has 0 radical (unpaired) electrons. The van der Waals surface area contributed by atoms with Gasteiger partial charge in [-0.05, 0) is 7.05 Å². The van der Waals surface area contributed by atoms with E-state index in [1.807, 2.05) is 7.05 Å². The van der Waals surface area contributed by atoms with Crippen molar-refractivity contribution in [1.82, 2.24) is 15.1 Å². The van der Waals surface area contributed by atoms with Crippen molar-refractivity contribution >= 4 is 9.84 Å². The Morgan fingerprint density at radius 3 is 2.75 bits per heavy atom. The van der Waals surface area contributed by atoms with Gasteiger partial charge in [-0.2, -0.15) is 5.10 Å². The van der Waals surface area contributed by atoms with Gasteiger partial charge in [0.2, 0.25) is 0 Å². The Bertz CT molecular complexity index is 427. The molecular weight excluding hydrogens is 230 g/mol. The van der Waals surface area contributed by atoms with Crippen LogP contribution in [0, 0.1) is 0 Å². The number of rotatable bonds is 6. The van der Waals surface area contributed by atoms with Crippen LogP contribution in [0.4, 0.5) is 0 Å². The minimum Gasteiger partial charge on any atom is -0.383 e. The number of ether oxygens (including phenoxy) is 1. The van der Waals surface area contributed by atoms with E-state index in [0.29, 0.717) is 13.2 Å². The fourth-order valence-corrected chi connectivity index (χ4v) is 1.84. The largest absolute Gasteiger partial charge is 0.383 e. The van der Waals surface area contributed by atoms with E-state index in [1.165, 1.54) is 18.6 Å². The van der Waals surface area contributed by atoms with Crippen LogP contribution in [0.2, 0.25) is 0 Å². The standard InChI is InChI=1S/C9H17N3O3S/c1-10-8(7-15-2)5-12-6-9(4-11-12)16(3,13)14/h4,6,8,10H,5,7H2,1-3H3. The third-order valence-electron chi connectivity index (χ3n) is 2.22. The number of hydrogen-bond acceptors (Lipinski definition) is 5. The summed E-state index contributed by atoms with van der Waals surface area (Å²) in [6.45, 7) is 1.12. The molecule has 1 N–H and O–H groups in total. The maximum absolute atomic E-state index is 11.2. The summed E-state index contributed by atoms with van der Waals surface area (Å²) in [5.74, 6) is 0. The van der Waals surface area contributed by atoms with Gasteiger partial charge in [0.1, 0.15) is 4.90 Å². The Hall–Kier alpha value is -0.920. The first kappa shape index (κ1) is 13.1. The van der Waals surface area contributed by atoms with Gasteiger partial charge in [0.15, 0.2) is 9.84 Å². The topological polar surface area (TPSA) is 73.2 Å². The molecule has 1 unspecified atom stereocenters. The van der Waals surface area contributed by atoms with Crippen LogP contribution in [-0.2, 0) is 21.1 Å². The van der Waals surface area contributed by atoms with Crippen LogP contribution in [0.5, 0.6) is 0 Å². The van der Waals surface area contributed by atoms with Gasteiger partial charge in [-0.15, -0.1) is 0 Å². The Kier molecular flexibility index (Phi) is 4.45. The Morgan fingerprint density at radius 2 is 2.31 bits per heavy atom. The van der Waals surface area contributed by atoms with Gasteiger partial charge < -0.3 is 10.1 Å². The molecule has 0 saturated carbocycles. The van der Waals surface area contributed by atoms with E-state index in [2.05, 4.69) is 10.4 Å². The van der Waals surface area contributed by atoms with Crippen molar-refractivity contribution in [3.63, 3.8) is 0 Å². The van der Waals surface area contributed by atoms with Crippen molar-refractivity contribution in [3.05, 3.63) is 12.4 Å². The number of aromatic nitrogens is 2. The second kappa shape index (κ2) is 5.42. The summed E-state index contributed by atoms with van der Waals surface area (Å²) in [7, 11) is 0.273. The lowest BCUT2D eigenvalue weighted by Crippen LogP contribution is -2.34. The summed E-state index contributed by atoms with van der Waals surface area (Å²) < 4.78 is 29.1. The number of methoxy groups -OCH3 is 1. The van der Waals surface area contributed by atoms with Crippen LogP contribution >= 0.6 is 0 Å². The zero-order valence-electron chi connectivity index (χ0n) is 9.67. The third-order valence-corrected chi connectivity index (χ3v) is 3.29. The van der Waals surface area contributed by atoms with Crippen LogP contribution < -0.4 is 5.32 Å². The zero-order chi connectivity index (χ0) is 12.2. The lowest BCUT2D eigenvalue weighted by Gasteiger charge is -2.14. The van der Waals surface area contributed by atoms with E-state index in [0.717, 1.165) is 0 Å². The van der Waals surface area contributed by atoms with Crippen molar-refractivity contribution in [3.8, 4) is 0 Å². The molecule has 0 spiro atoms. The van der Waals surface area contributed by atoms with Gasteiger partial charge in [-0.25, -0.2) is 8.42 Å². The zero-order valence-corrected chi connectivity index (χ0v) is 10.5. The lowest BCUT2D eigenvalue weighted by atomic mass is 10.3. The Balaban J connectivity index is 2.71. The summed E-state index contributed by atoms with van der Waals surface area (Å²) >= 11 is 0. The first-order chi connectivity index (χ1) is 7.47. The van der Waals surface area contributed by atoms with Crippen molar-refractivity contribution < 1.29 is 13.2 Å². The Morgan fingerprint density at radius 1 is 1.62 bits per heavy atom. The molecule has 1 rings (SSSR count). The molecular formula is C9H17N3O3S. The van der Waals surface area contributed by atoms with E-state index in [4.69, 9.17) is 4.74 Å². The number of nitrogens with one attached hydrogen (secondary N) is 1. The minimum absolute atomic E-state index is 0.109. The van der Waals surface area contributed by atoms with Crippen molar-refractivity contribution in [2.45, 2.75) is 17.5 Å². The molecule has 0 saturated heterocycles. The average Bonchev–Trinajstić information content (AvgIpc) is 2.65. The second-order valence-corrected chi connectivity index (χ2v) is 5.63.